The lowest BCUT2D eigenvalue weighted by Gasteiger charge is -2.03. The molecule has 0 bridgehead atoms. The summed E-state index contributed by atoms with van der Waals surface area (Å²) in [7, 11) is 0. The minimum absolute atomic E-state index is 0.107. The molecule has 0 spiro atoms. The molecular weight excluding hydrogens is 288 g/mol. The van der Waals surface area contributed by atoms with Gasteiger partial charge < -0.3 is 0 Å². The first kappa shape index (κ1) is 13.3. The Hall–Kier alpha value is -1.64. The van der Waals surface area contributed by atoms with Crippen molar-refractivity contribution in [3.63, 3.8) is 0 Å². The predicted octanol–water partition coefficient (Wildman–Crippen LogP) is 5.29. The summed E-state index contributed by atoms with van der Waals surface area (Å²) in [6.45, 7) is 1.93. The topological polar surface area (TPSA) is 17.1 Å². The van der Waals surface area contributed by atoms with Crippen molar-refractivity contribution in [1.82, 2.24) is 0 Å². The number of ketones is 1. The van der Waals surface area contributed by atoms with Crippen LogP contribution < -0.4 is 0 Å². The maximum Gasteiger partial charge on any atom is 0.167 e. The average Bonchev–Trinajstić information content (AvgIpc) is 2.85. The summed E-state index contributed by atoms with van der Waals surface area (Å²) < 4.78 is 1.22. The highest BCUT2D eigenvalue weighted by Crippen LogP contribution is 2.27. The second kappa shape index (κ2) is 5.39. The number of thiophene rings is 1. The Bertz CT molecular complexity index is 789. The molecule has 0 atom stereocenters. The van der Waals surface area contributed by atoms with Crippen LogP contribution in [0.1, 0.15) is 21.5 Å². The van der Waals surface area contributed by atoms with Crippen LogP contribution in [0.3, 0.4) is 0 Å². The molecule has 100 valence electrons. The van der Waals surface area contributed by atoms with Crippen molar-refractivity contribution in [1.29, 1.82) is 0 Å². The zero-order valence-corrected chi connectivity index (χ0v) is 12.6. The minimum Gasteiger partial charge on any atom is -0.294 e. The van der Waals surface area contributed by atoms with E-state index in [4.69, 9.17) is 11.6 Å². The summed E-state index contributed by atoms with van der Waals surface area (Å²) in [5, 5.41) is 3.88. The number of carbonyl (C=O) groups excluding carboxylic acids is 1. The Kier molecular flexibility index (Phi) is 3.60. The normalized spacial score (nSPS) is 10.9. The number of fused-ring (bicyclic) bond motifs is 1. The number of Topliss-reactive ketones (excluding diaryl/α,β-unsaturated/α-hetero) is 1. The third-order valence-electron chi connectivity index (χ3n) is 3.41. The summed E-state index contributed by atoms with van der Waals surface area (Å²) in [6.07, 6.45) is 0.420. The first-order valence-electron chi connectivity index (χ1n) is 6.39. The quantitative estimate of drug-likeness (QED) is 0.601. The Labute approximate surface area is 126 Å². The van der Waals surface area contributed by atoms with Crippen LogP contribution in [0.5, 0.6) is 0 Å². The van der Waals surface area contributed by atoms with E-state index in [1.807, 2.05) is 31.2 Å². The van der Waals surface area contributed by atoms with E-state index in [-0.39, 0.29) is 5.78 Å². The first-order chi connectivity index (χ1) is 9.65. The molecule has 0 fully saturated rings. The van der Waals surface area contributed by atoms with Crippen LogP contribution in [0.15, 0.2) is 47.8 Å². The van der Waals surface area contributed by atoms with E-state index < -0.39 is 0 Å². The van der Waals surface area contributed by atoms with E-state index in [0.29, 0.717) is 17.0 Å². The van der Waals surface area contributed by atoms with Gasteiger partial charge in [-0.2, -0.15) is 0 Å². The summed E-state index contributed by atoms with van der Waals surface area (Å²) in [6, 6.07) is 13.7. The van der Waals surface area contributed by atoms with Crippen molar-refractivity contribution < 1.29 is 4.79 Å². The van der Waals surface area contributed by atoms with Gasteiger partial charge in [-0.3, -0.25) is 4.79 Å². The van der Waals surface area contributed by atoms with Crippen LogP contribution in [0.4, 0.5) is 0 Å². The number of rotatable bonds is 3. The van der Waals surface area contributed by atoms with Crippen molar-refractivity contribution in [2.75, 3.05) is 0 Å². The van der Waals surface area contributed by atoms with Crippen LogP contribution in [0.2, 0.25) is 5.02 Å². The Balaban J connectivity index is 1.90. The van der Waals surface area contributed by atoms with Crippen molar-refractivity contribution in [2.45, 2.75) is 13.3 Å². The molecule has 2 aromatic carbocycles. The van der Waals surface area contributed by atoms with E-state index >= 15 is 0 Å². The van der Waals surface area contributed by atoms with Crippen LogP contribution in [0, 0.1) is 6.92 Å². The second-order valence-electron chi connectivity index (χ2n) is 4.82. The molecule has 0 saturated heterocycles. The first-order valence-corrected chi connectivity index (χ1v) is 7.65. The molecule has 20 heavy (non-hydrogen) atoms. The highest BCUT2D eigenvalue weighted by molar-refractivity contribution is 7.17. The maximum absolute atomic E-state index is 12.4. The van der Waals surface area contributed by atoms with Gasteiger partial charge in [0.2, 0.25) is 0 Å². The maximum atomic E-state index is 12.4. The molecule has 1 aromatic heterocycles. The number of halogens is 1. The number of hydrogen-bond donors (Lipinski definition) is 0. The highest BCUT2D eigenvalue weighted by Gasteiger charge is 2.11. The highest BCUT2D eigenvalue weighted by atomic mass is 35.5. The summed E-state index contributed by atoms with van der Waals surface area (Å²) in [5.74, 6) is 0.107. The van der Waals surface area contributed by atoms with Crippen LogP contribution in [0.25, 0.3) is 10.1 Å². The van der Waals surface area contributed by atoms with Gasteiger partial charge in [-0.25, -0.2) is 0 Å². The van der Waals surface area contributed by atoms with Crippen molar-refractivity contribution >= 4 is 38.8 Å². The van der Waals surface area contributed by atoms with Crippen molar-refractivity contribution in [2.24, 2.45) is 0 Å². The molecule has 0 saturated carbocycles. The lowest BCUT2D eigenvalue weighted by Crippen LogP contribution is -2.03. The number of benzene rings is 2. The third-order valence-corrected chi connectivity index (χ3v) is 4.83. The van der Waals surface area contributed by atoms with Crippen molar-refractivity contribution in [3.8, 4) is 0 Å². The van der Waals surface area contributed by atoms with Crippen LogP contribution in [-0.2, 0) is 6.42 Å². The molecule has 0 aliphatic heterocycles. The lowest BCUT2D eigenvalue weighted by atomic mass is 10.0. The summed E-state index contributed by atoms with van der Waals surface area (Å²) in [4.78, 5) is 12.4. The van der Waals surface area contributed by atoms with E-state index in [1.165, 1.54) is 10.1 Å². The molecule has 0 amide bonds. The fourth-order valence-electron chi connectivity index (χ4n) is 2.21. The molecule has 0 radical (unpaired) electrons. The van der Waals surface area contributed by atoms with Gasteiger partial charge in [0.15, 0.2) is 5.78 Å². The molecule has 3 aromatic rings. The Morgan fingerprint density at radius 2 is 2.00 bits per heavy atom. The van der Waals surface area contributed by atoms with Gasteiger partial charge in [-0.15, -0.1) is 11.3 Å². The molecule has 1 nitrogen and oxygen atoms in total. The van der Waals surface area contributed by atoms with Crippen LogP contribution >= 0.6 is 22.9 Å². The van der Waals surface area contributed by atoms with E-state index in [2.05, 4.69) is 17.5 Å². The molecular formula is C17H13ClOS. The monoisotopic (exact) mass is 300 g/mol. The molecule has 1 heterocycles. The predicted molar refractivity (Wildman–Crippen MR) is 86.0 cm³/mol. The smallest absolute Gasteiger partial charge is 0.167 e. The van der Waals surface area contributed by atoms with Gasteiger partial charge in [0, 0.05) is 21.7 Å². The average molecular weight is 301 g/mol. The molecule has 0 N–H and O–H groups in total. The fraction of sp³-hybridized carbons (Fsp3) is 0.118. The SMILES string of the molecule is Cc1ccc(C(=O)Cc2csc3ccccc23)cc1Cl. The van der Waals surface area contributed by atoms with Gasteiger partial charge in [0.05, 0.1) is 0 Å². The third kappa shape index (κ3) is 2.49. The number of hydrogen-bond acceptors (Lipinski definition) is 2. The number of carbonyl (C=O) groups is 1. The molecule has 0 aliphatic rings. The van der Waals surface area contributed by atoms with Crippen molar-refractivity contribution in [3.05, 3.63) is 69.6 Å². The van der Waals surface area contributed by atoms with Gasteiger partial charge in [0.25, 0.3) is 0 Å². The minimum atomic E-state index is 0.107. The van der Waals surface area contributed by atoms with Gasteiger partial charge in [0.1, 0.15) is 0 Å². The van der Waals surface area contributed by atoms with E-state index in [1.54, 1.807) is 17.4 Å². The van der Waals surface area contributed by atoms with Crippen LogP contribution in [-0.4, -0.2) is 5.78 Å². The second-order valence-corrected chi connectivity index (χ2v) is 6.14. The Morgan fingerprint density at radius 3 is 2.80 bits per heavy atom. The lowest BCUT2D eigenvalue weighted by molar-refractivity contribution is 0.0993. The van der Waals surface area contributed by atoms with Gasteiger partial charge >= 0.3 is 0 Å². The zero-order chi connectivity index (χ0) is 14.1. The number of aryl methyl sites for hydroxylation is 1. The molecule has 0 unspecified atom stereocenters. The van der Waals surface area contributed by atoms with E-state index in [0.717, 1.165) is 11.1 Å². The fourth-order valence-corrected chi connectivity index (χ4v) is 3.35. The van der Waals surface area contributed by atoms with E-state index in [9.17, 15) is 4.79 Å². The largest absolute Gasteiger partial charge is 0.294 e. The molecule has 3 heteroatoms. The Morgan fingerprint density at radius 1 is 1.20 bits per heavy atom. The van der Waals surface area contributed by atoms with Gasteiger partial charge in [-0.1, -0.05) is 41.9 Å². The zero-order valence-electron chi connectivity index (χ0n) is 11.0. The molecule has 3 rings (SSSR count). The summed E-state index contributed by atoms with van der Waals surface area (Å²) in [5.41, 5.74) is 2.76. The van der Waals surface area contributed by atoms with Gasteiger partial charge in [-0.05, 0) is 40.9 Å². The molecule has 0 aliphatic carbocycles. The summed E-state index contributed by atoms with van der Waals surface area (Å²) >= 11 is 7.76. The standard InChI is InChI=1S/C17H13ClOS/c1-11-6-7-12(8-15(11)18)16(19)9-13-10-20-17-5-3-2-4-14(13)17/h2-8,10H,9H2,1H3.